The van der Waals surface area contributed by atoms with Crippen LogP contribution in [0.2, 0.25) is 0 Å². The molecule has 0 aromatic heterocycles. The van der Waals surface area contributed by atoms with Crippen molar-refractivity contribution in [3.05, 3.63) is 0 Å². The molecule has 0 bridgehead atoms. The fourth-order valence-electron chi connectivity index (χ4n) is 1.49. The summed E-state index contributed by atoms with van der Waals surface area (Å²) in [5, 5.41) is 18.7. The summed E-state index contributed by atoms with van der Waals surface area (Å²) >= 11 is 0. The molecule has 2 fully saturated rings. The number of hydrogen-bond acceptors (Lipinski definition) is 5. The van der Waals surface area contributed by atoms with E-state index in [0.29, 0.717) is 6.61 Å². The number of aliphatic hydroxyl groups excluding tert-OH is 2. The molecule has 2 N–H and O–H groups in total. The van der Waals surface area contributed by atoms with Crippen molar-refractivity contribution < 1.29 is 24.4 Å². The summed E-state index contributed by atoms with van der Waals surface area (Å²) in [5.74, 6) is 0. The Kier molecular flexibility index (Phi) is 2.29. The van der Waals surface area contributed by atoms with Crippen molar-refractivity contribution in [1.29, 1.82) is 0 Å². The van der Waals surface area contributed by atoms with Gasteiger partial charge in [-0.25, -0.2) is 0 Å². The Hall–Kier alpha value is -0.200. The molecule has 70 valence electrons. The minimum Gasteiger partial charge on any atom is -0.388 e. The van der Waals surface area contributed by atoms with Crippen LogP contribution in [-0.2, 0) is 14.2 Å². The van der Waals surface area contributed by atoms with Crippen LogP contribution in [0.3, 0.4) is 0 Å². The van der Waals surface area contributed by atoms with E-state index in [1.54, 1.807) is 0 Å². The average molecular weight is 176 g/mol. The van der Waals surface area contributed by atoms with Crippen molar-refractivity contribution in [1.82, 2.24) is 0 Å². The zero-order valence-corrected chi connectivity index (χ0v) is 6.55. The fraction of sp³-hybridized carbons (Fsp3) is 1.00. The van der Waals surface area contributed by atoms with Crippen LogP contribution < -0.4 is 0 Å². The zero-order chi connectivity index (χ0) is 8.55. The Morgan fingerprint density at radius 3 is 2.75 bits per heavy atom. The van der Waals surface area contributed by atoms with E-state index in [-0.39, 0.29) is 19.5 Å². The number of ether oxygens (including phenoxy) is 3. The topological polar surface area (TPSA) is 68.2 Å². The minimum absolute atomic E-state index is 0.148. The number of rotatable bonds is 0. The molecule has 2 aliphatic rings. The SMILES string of the molecule is OC1COC2COCO[C@H]2C1O. The quantitative estimate of drug-likeness (QED) is 0.469. The van der Waals surface area contributed by atoms with Gasteiger partial charge in [0.05, 0.1) is 13.2 Å². The summed E-state index contributed by atoms with van der Waals surface area (Å²) in [4.78, 5) is 0. The van der Waals surface area contributed by atoms with E-state index in [2.05, 4.69) is 0 Å². The van der Waals surface area contributed by atoms with Crippen LogP contribution in [0.25, 0.3) is 0 Å². The average Bonchev–Trinajstić information content (AvgIpc) is 2.12. The van der Waals surface area contributed by atoms with Gasteiger partial charge < -0.3 is 24.4 Å². The maximum atomic E-state index is 9.46. The normalized spacial score (nSPS) is 48.5. The summed E-state index contributed by atoms with van der Waals surface area (Å²) in [6.07, 6.45) is -2.38. The first-order valence-electron chi connectivity index (χ1n) is 3.96. The Labute approximate surface area is 69.8 Å². The van der Waals surface area contributed by atoms with Crippen LogP contribution in [0.4, 0.5) is 0 Å². The van der Waals surface area contributed by atoms with E-state index in [1.807, 2.05) is 0 Å². The van der Waals surface area contributed by atoms with E-state index >= 15 is 0 Å². The molecule has 0 aromatic rings. The first-order chi connectivity index (χ1) is 5.79. The number of fused-ring (bicyclic) bond motifs is 1. The van der Waals surface area contributed by atoms with E-state index in [1.165, 1.54) is 0 Å². The predicted octanol–water partition coefficient (Wildman–Crippen LogP) is -1.52. The van der Waals surface area contributed by atoms with Crippen LogP contribution in [-0.4, -0.2) is 54.6 Å². The van der Waals surface area contributed by atoms with Gasteiger partial charge in [0.25, 0.3) is 0 Å². The van der Waals surface area contributed by atoms with Gasteiger partial charge >= 0.3 is 0 Å². The third-order valence-electron chi connectivity index (χ3n) is 2.20. The van der Waals surface area contributed by atoms with E-state index in [4.69, 9.17) is 14.2 Å². The van der Waals surface area contributed by atoms with Gasteiger partial charge in [-0.2, -0.15) is 0 Å². The molecule has 4 atom stereocenters. The van der Waals surface area contributed by atoms with Crippen molar-refractivity contribution in [3.63, 3.8) is 0 Å². The molecule has 0 radical (unpaired) electrons. The maximum Gasteiger partial charge on any atom is 0.147 e. The zero-order valence-electron chi connectivity index (χ0n) is 6.55. The summed E-state index contributed by atoms with van der Waals surface area (Å²) < 4.78 is 15.3. The highest BCUT2D eigenvalue weighted by molar-refractivity contribution is 4.88. The lowest BCUT2D eigenvalue weighted by atomic mass is 10.00. The first-order valence-corrected chi connectivity index (χ1v) is 3.96. The summed E-state index contributed by atoms with van der Waals surface area (Å²) in [6.45, 7) is 0.734. The Morgan fingerprint density at radius 1 is 1.08 bits per heavy atom. The monoisotopic (exact) mass is 176 g/mol. The Bertz CT molecular complexity index is 160. The fourth-order valence-corrected chi connectivity index (χ4v) is 1.49. The number of aliphatic hydroxyl groups is 2. The van der Waals surface area contributed by atoms with Gasteiger partial charge in [0, 0.05) is 0 Å². The highest BCUT2D eigenvalue weighted by atomic mass is 16.7. The molecule has 0 amide bonds. The molecule has 2 saturated heterocycles. The molecule has 0 spiro atoms. The molecule has 0 saturated carbocycles. The van der Waals surface area contributed by atoms with Crippen LogP contribution in [0.5, 0.6) is 0 Å². The standard InChI is InChI=1S/C7H12O5/c8-4-1-11-5-2-10-3-12-7(5)6(4)9/h4-9H,1-3H2/t4?,5?,6?,7-/m1/s1. The molecular formula is C7H12O5. The maximum absolute atomic E-state index is 9.46. The lowest BCUT2D eigenvalue weighted by Gasteiger charge is -2.40. The second-order valence-corrected chi connectivity index (χ2v) is 3.05. The first kappa shape index (κ1) is 8.40. The van der Waals surface area contributed by atoms with Crippen molar-refractivity contribution in [3.8, 4) is 0 Å². The van der Waals surface area contributed by atoms with E-state index < -0.39 is 18.3 Å². The smallest absolute Gasteiger partial charge is 0.147 e. The van der Waals surface area contributed by atoms with Gasteiger partial charge in [-0.05, 0) is 0 Å². The molecule has 2 aliphatic heterocycles. The molecule has 2 heterocycles. The molecule has 5 heteroatoms. The van der Waals surface area contributed by atoms with Gasteiger partial charge in [-0.3, -0.25) is 0 Å². The van der Waals surface area contributed by atoms with Gasteiger partial charge in [-0.15, -0.1) is 0 Å². The lowest BCUT2D eigenvalue weighted by Crippen LogP contribution is -2.57. The molecule has 0 aromatic carbocycles. The molecular weight excluding hydrogens is 164 g/mol. The van der Waals surface area contributed by atoms with Crippen LogP contribution >= 0.6 is 0 Å². The summed E-state index contributed by atoms with van der Waals surface area (Å²) in [7, 11) is 0. The van der Waals surface area contributed by atoms with Crippen LogP contribution in [0, 0.1) is 0 Å². The van der Waals surface area contributed by atoms with Gasteiger partial charge in [0.15, 0.2) is 0 Å². The van der Waals surface area contributed by atoms with Gasteiger partial charge in [0.2, 0.25) is 0 Å². The molecule has 0 aliphatic carbocycles. The van der Waals surface area contributed by atoms with Crippen molar-refractivity contribution >= 4 is 0 Å². The highest BCUT2D eigenvalue weighted by Crippen LogP contribution is 2.21. The van der Waals surface area contributed by atoms with Crippen molar-refractivity contribution in [2.24, 2.45) is 0 Å². The third-order valence-corrected chi connectivity index (χ3v) is 2.20. The molecule has 5 nitrogen and oxygen atoms in total. The van der Waals surface area contributed by atoms with Crippen LogP contribution in [0.1, 0.15) is 0 Å². The second-order valence-electron chi connectivity index (χ2n) is 3.05. The highest BCUT2D eigenvalue weighted by Gasteiger charge is 2.41. The van der Waals surface area contributed by atoms with Gasteiger partial charge in [-0.1, -0.05) is 0 Å². The third kappa shape index (κ3) is 1.34. The minimum atomic E-state index is -0.854. The van der Waals surface area contributed by atoms with Gasteiger partial charge in [0.1, 0.15) is 31.2 Å². The Morgan fingerprint density at radius 2 is 1.92 bits per heavy atom. The summed E-state index contributed by atoms with van der Waals surface area (Å²) in [6, 6.07) is 0. The van der Waals surface area contributed by atoms with Crippen molar-refractivity contribution in [2.75, 3.05) is 20.0 Å². The second kappa shape index (κ2) is 3.27. The van der Waals surface area contributed by atoms with E-state index in [0.717, 1.165) is 0 Å². The lowest BCUT2D eigenvalue weighted by molar-refractivity contribution is -0.274. The molecule has 12 heavy (non-hydrogen) atoms. The number of hydrogen-bond donors (Lipinski definition) is 2. The molecule has 2 rings (SSSR count). The largest absolute Gasteiger partial charge is 0.388 e. The predicted molar refractivity (Wildman–Crippen MR) is 37.4 cm³/mol. The van der Waals surface area contributed by atoms with E-state index in [9.17, 15) is 10.2 Å². The van der Waals surface area contributed by atoms with Crippen molar-refractivity contribution in [2.45, 2.75) is 24.4 Å². The molecule has 3 unspecified atom stereocenters. The Balaban J connectivity index is 2.03. The van der Waals surface area contributed by atoms with Crippen LogP contribution in [0.15, 0.2) is 0 Å². The summed E-state index contributed by atoms with van der Waals surface area (Å²) in [5.41, 5.74) is 0.